The molecule has 0 heterocycles. The van der Waals surface area contributed by atoms with Crippen LogP contribution in [0, 0.1) is 5.41 Å². The summed E-state index contributed by atoms with van der Waals surface area (Å²) in [4.78, 5) is 2.41. The van der Waals surface area contributed by atoms with E-state index in [2.05, 4.69) is 44.8 Å². The van der Waals surface area contributed by atoms with Crippen LogP contribution in [0.4, 0.5) is 0 Å². The van der Waals surface area contributed by atoms with Crippen molar-refractivity contribution in [3.63, 3.8) is 0 Å². The zero-order valence-electron chi connectivity index (χ0n) is 11.7. The Balaban J connectivity index is 3.98. The number of hydrogen-bond acceptors (Lipinski definition) is 3. The lowest BCUT2D eigenvalue weighted by molar-refractivity contribution is 0.163. The molecule has 3 nitrogen and oxygen atoms in total. The van der Waals surface area contributed by atoms with Gasteiger partial charge in [0.25, 0.3) is 0 Å². The molecule has 3 heteroatoms. The second kappa shape index (κ2) is 8.04. The molecule has 0 aromatic rings. The molecule has 0 aromatic carbocycles. The van der Waals surface area contributed by atoms with E-state index in [0.717, 1.165) is 32.6 Å². The van der Waals surface area contributed by atoms with E-state index in [1.807, 2.05) is 0 Å². The van der Waals surface area contributed by atoms with Crippen molar-refractivity contribution >= 4 is 0 Å². The summed E-state index contributed by atoms with van der Waals surface area (Å²) in [6.07, 6.45) is 0.877. The van der Waals surface area contributed by atoms with Crippen molar-refractivity contribution < 1.29 is 5.11 Å². The molecule has 98 valence electrons. The maximum Gasteiger partial charge on any atom is 0.0443 e. The van der Waals surface area contributed by atoms with Gasteiger partial charge in [0, 0.05) is 32.3 Å². The summed E-state index contributed by atoms with van der Waals surface area (Å²) >= 11 is 0. The molecule has 0 atom stereocenters. The molecule has 0 aromatic heterocycles. The van der Waals surface area contributed by atoms with Crippen LogP contribution < -0.4 is 5.32 Å². The summed E-state index contributed by atoms with van der Waals surface area (Å²) in [5, 5.41) is 12.3. The first-order chi connectivity index (χ1) is 7.41. The molecule has 0 saturated carbocycles. The molecule has 0 aliphatic heterocycles. The minimum Gasteiger partial charge on any atom is -0.396 e. The van der Waals surface area contributed by atoms with Gasteiger partial charge in [0.15, 0.2) is 0 Å². The van der Waals surface area contributed by atoms with Crippen LogP contribution in [-0.4, -0.2) is 48.8 Å². The van der Waals surface area contributed by atoms with Crippen molar-refractivity contribution in [1.29, 1.82) is 0 Å². The first-order valence-corrected chi connectivity index (χ1v) is 6.48. The van der Waals surface area contributed by atoms with Crippen LogP contribution in [0.25, 0.3) is 0 Å². The van der Waals surface area contributed by atoms with Gasteiger partial charge < -0.3 is 15.3 Å². The van der Waals surface area contributed by atoms with E-state index >= 15 is 0 Å². The Bertz CT molecular complexity index is 169. The van der Waals surface area contributed by atoms with Crippen LogP contribution in [0.5, 0.6) is 0 Å². The summed E-state index contributed by atoms with van der Waals surface area (Å²) in [6, 6.07) is 0.548. The molecule has 0 aliphatic rings. The van der Waals surface area contributed by atoms with Gasteiger partial charge in [-0.1, -0.05) is 34.6 Å². The van der Waals surface area contributed by atoms with Crippen LogP contribution in [0.1, 0.15) is 41.0 Å². The van der Waals surface area contributed by atoms with Gasteiger partial charge in [-0.2, -0.15) is 0 Å². The van der Waals surface area contributed by atoms with E-state index in [4.69, 9.17) is 5.11 Å². The first kappa shape index (κ1) is 15.9. The Labute approximate surface area is 101 Å². The maximum absolute atomic E-state index is 8.85. The second-order valence-corrected chi connectivity index (χ2v) is 5.65. The van der Waals surface area contributed by atoms with Gasteiger partial charge in [-0.15, -0.1) is 0 Å². The third-order valence-electron chi connectivity index (χ3n) is 2.72. The van der Waals surface area contributed by atoms with E-state index in [0.29, 0.717) is 12.6 Å². The number of rotatable bonds is 9. The first-order valence-electron chi connectivity index (χ1n) is 6.48. The highest BCUT2D eigenvalue weighted by Gasteiger charge is 2.20. The summed E-state index contributed by atoms with van der Waals surface area (Å²) in [7, 11) is 0. The molecule has 0 saturated heterocycles. The largest absolute Gasteiger partial charge is 0.396 e. The van der Waals surface area contributed by atoms with Gasteiger partial charge in [-0.25, -0.2) is 0 Å². The zero-order valence-corrected chi connectivity index (χ0v) is 11.7. The van der Waals surface area contributed by atoms with Crippen LogP contribution >= 0.6 is 0 Å². The fourth-order valence-electron chi connectivity index (χ4n) is 1.78. The average Bonchev–Trinajstić information content (AvgIpc) is 2.21. The van der Waals surface area contributed by atoms with Crippen molar-refractivity contribution in [2.24, 2.45) is 5.41 Å². The standard InChI is InChI=1S/C13H30N2O/c1-6-15(8-7-9-16)11-13(4,5)10-14-12(2)3/h12,14,16H,6-11H2,1-5H3. The fraction of sp³-hybridized carbons (Fsp3) is 1.00. The Morgan fingerprint density at radius 3 is 2.38 bits per heavy atom. The Hall–Kier alpha value is -0.120. The zero-order chi connectivity index (χ0) is 12.6. The van der Waals surface area contributed by atoms with Gasteiger partial charge in [0.1, 0.15) is 0 Å². The molecular weight excluding hydrogens is 200 g/mol. The number of aliphatic hydroxyl groups is 1. The van der Waals surface area contributed by atoms with Crippen LogP contribution in [0.2, 0.25) is 0 Å². The highest BCUT2D eigenvalue weighted by atomic mass is 16.3. The normalized spacial score (nSPS) is 12.8. The molecule has 2 N–H and O–H groups in total. The molecule has 0 amide bonds. The lowest BCUT2D eigenvalue weighted by atomic mass is 9.92. The lowest BCUT2D eigenvalue weighted by Crippen LogP contribution is -2.42. The average molecular weight is 230 g/mol. The minimum absolute atomic E-state index is 0.287. The molecule has 0 radical (unpaired) electrons. The highest BCUT2D eigenvalue weighted by Crippen LogP contribution is 2.16. The molecule has 0 unspecified atom stereocenters. The topological polar surface area (TPSA) is 35.5 Å². The molecule has 0 spiro atoms. The maximum atomic E-state index is 8.85. The van der Waals surface area contributed by atoms with Gasteiger partial charge in [0.05, 0.1) is 0 Å². The van der Waals surface area contributed by atoms with Gasteiger partial charge in [0.2, 0.25) is 0 Å². The Morgan fingerprint density at radius 2 is 1.94 bits per heavy atom. The summed E-state index contributed by atoms with van der Waals surface area (Å²) in [5.41, 5.74) is 0.287. The third kappa shape index (κ3) is 8.08. The van der Waals surface area contributed by atoms with Crippen molar-refractivity contribution in [3.8, 4) is 0 Å². The Morgan fingerprint density at radius 1 is 1.31 bits per heavy atom. The van der Waals surface area contributed by atoms with E-state index in [-0.39, 0.29) is 5.41 Å². The summed E-state index contributed by atoms with van der Waals surface area (Å²) in [5.74, 6) is 0. The van der Waals surface area contributed by atoms with Gasteiger partial charge >= 0.3 is 0 Å². The quantitative estimate of drug-likeness (QED) is 0.633. The van der Waals surface area contributed by atoms with E-state index in [1.165, 1.54) is 0 Å². The molecule has 0 fully saturated rings. The van der Waals surface area contributed by atoms with Crippen LogP contribution in [0.15, 0.2) is 0 Å². The minimum atomic E-state index is 0.287. The van der Waals surface area contributed by atoms with Gasteiger partial charge in [-0.05, 0) is 18.4 Å². The van der Waals surface area contributed by atoms with Crippen molar-refractivity contribution in [3.05, 3.63) is 0 Å². The van der Waals surface area contributed by atoms with Crippen molar-refractivity contribution in [1.82, 2.24) is 10.2 Å². The Kier molecular flexibility index (Phi) is 7.98. The smallest absolute Gasteiger partial charge is 0.0443 e. The summed E-state index contributed by atoms with van der Waals surface area (Å²) in [6.45, 7) is 15.6. The third-order valence-corrected chi connectivity index (χ3v) is 2.72. The number of hydrogen-bond donors (Lipinski definition) is 2. The predicted molar refractivity (Wildman–Crippen MR) is 70.7 cm³/mol. The second-order valence-electron chi connectivity index (χ2n) is 5.65. The number of nitrogens with zero attached hydrogens (tertiary/aromatic N) is 1. The fourth-order valence-corrected chi connectivity index (χ4v) is 1.78. The molecule has 0 rings (SSSR count). The SMILES string of the molecule is CCN(CCCO)CC(C)(C)CNC(C)C. The number of aliphatic hydroxyl groups excluding tert-OH is 1. The molecule has 0 aliphatic carbocycles. The predicted octanol–water partition coefficient (Wildman–Crippen LogP) is 1.71. The van der Waals surface area contributed by atoms with E-state index in [9.17, 15) is 0 Å². The van der Waals surface area contributed by atoms with Gasteiger partial charge in [-0.3, -0.25) is 0 Å². The molecule has 16 heavy (non-hydrogen) atoms. The number of nitrogens with one attached hydrogen (secondary N) is 1. The van der Waals surface area contributed by atoms with Crippen LogP contribution in [-0.2, 0) is 0 Å². The monoisotopic (exact) mass is 230 g/mol. The summed E-state index contributed by atoms with van der Waals surface area (Å²) < 4.78 is 0. The van der Waals surface area contributed by atoms with Crippen molar-refractivity contribution in [2.75, 3.05) is 32.8 Å². The molecule has 0 bridgehead atoms. The highest BCUT2D eigenvalue weighted by molar-refractivity contribution is 4.77. The van der Waals surface area contributed by atoms with Crippen LogP contribution in [0.3, 0.4) is 0 Å². The van der Waals surface area contributed by atoms with E-state index < -0.39 is 0 Å². The lowest BCUT2D eigenvalue weighted by Gasteiger charge is -2.33. The molecular formula is C13H30N2O. The van der Waals surface area contributed by atoms with E-state index in [1.54, 1.807) is 0 Å². The van der Waals surface area contributed by atoms with Crippen molar-refractivity contribution in [2.45, 2.75) is 47.1 Å².